The van der Waals surface area contributed by atoms with Gasteiger partial charge in [-0.2, -0.15) is 0 Å². The fourth-order valence-corrected chi connectivity index (χ4v) is 3.54. The highest BCUT2D eigenvalue weighted by Gasteiger charge is 2.43. The third-order valence-electron chi connectivity index (χ3n) is 4.66. The number of anilines is 1. The standard InChI is InChI=1S/C18H24N2O3/c1-3-23-15-8-6-14(7-9-15)20-17(21)11-16(18(20)22)19-10-4-5-13(2)12-19/h6-9,13,16H,3-5,10-12H2,1-2H3. The van der Waals surface area contributed by atoms with Crippen LogP contribution in [0.15, 0.2) is 24.3 Å². The molecule has 2 atom stereocenters. The zero-order chi connectivity index (χ0) is 16.4. The van der Waals surface area contributed by atoms with Crippen LogP contribution in [0.4, 0.5) is 5.69 Å². The summed E-state index contributed by atoms with van der Waals surface area (Å²) in [6, 6.07) is 6.87. The number of ether oxygens (including phenoxy) is 1. The van der Waals surface area contributed by atoms with Crippen LogP contribution in [0.3, 0.4) is 0 Å². The van der Waals surface area contributed by atoms with Gasteiger partial charge in [0.1, 0.15) is 5.75 Å². The van der Waals surface area contributed by atoms with Gasteiger partial charge in [-0.1, -0.05) is 6.92 Å². The van der Waals surface area contributed by atoms with Gasteiger partial charge in [-0.15, -0.1) is 0 Å². The highest BCUT2D eigenvalue weighted by molar-refractivity contribution is 6.22. The minimum absolute atomic E-state index is 0.0896. The molecule has 0 radical (unpaired) electrons. The normalized spacial score (nSPS) is 25.9. The molecule has 2 amide bonds. The molecule has 2 unspecified atom stereocenters. The van der Waals surface area contributed by atoms with Gasteiger partial charge in [0.15, 0.2) is 0 Å². The molecule has 0 aliphatic carbocycles. The van der Waals surface area contributed by atoms with E-state index in [0.717, 1.165) is 25.3 Å². The van der Waals surface area contributed by atoms with Gasteiger partial charge in [-0.3, -0.25) is 14.5 Å². The number of imide groups is 1. The van der Waals surface area contributed by atoms with Gasteiger partial charge in [0, 0.05) is 6.54 Å². The van der Waals surface area contributed by atoms with Crippen molar-refractivity contribution in [1.82, 2.24) is 4.90 Å². The minimum atomic E-state index is -0.295. The molecule has 124 valence electrons. The van der Waals surface area contributed by atoms with Crippen LogP contribution in [-0.2, 0) is 9.59 Å². The van der Waals surface area contributed by atoms with Gasteiger partial charge < -0.3 is 4.74 Å². The number of carbonyl (C=O) groups excluding carboxylic acids is 2. The van der Waals surface area contributed by atoms with Crippen LogP contribution in [-0.4, -0.2) is 42.5 Å². The molecule has 5 nitrogen and oxygen atoms in total. The van der Waals surface area contributed by atoms with E-state index in [4.69, 9.17) is 4.74 Å². The molecular formula is C18H24N2O3. The van der Waals surface area contributed by atoms with Crippen molar-refractivity contribution in [1.29, 1.82) is 0 Å². The summed E-state index contributed by atoms with van der Waals surface area (Å²) in [6.45, 7) is 6.53. The second kappa shape index (κ2) is 6.71. The zero-order valence-electron chi connectivity index (χ0n) is 13.8. The van der Waals surface area contributed by atoms with E-state index in [9.17, 15) is 9.59 Å². The van der Waals surface area contributed by atoms with Gasteiger partial charge in [0.2, 0.25) is 5.91 Å². The van der Waals surface area contributed by atoms with E-state index in [1.165, 1.54) is 11.3 Å². The van der Waals surface area contributed by atoms with E-state index in [-0.39, 0.29) is 17.9 Å². The molecule has 5 heteroatoms. The zero-order valence-corrected chi connectivity index (χ0v) is 13.8. The minimum Gasteiger partial charge on any atom is -0.494 e. The highest BCUT2D eigenvalue weighted by Crippen LogP contribution is 2.29. The maximum atomic E-state index is 12.8. The number of likely N-dealkylation sites (tertiary alicyclic amines) is 1. The lowest BCUT2D eigenvalue weighted by molar-refractivity contribution is -0.123. The number of nitrogens with zero attached hydrogens (tertiary/aromatic N) is 2. The SMILES string of the molecule is CCOc1ccc(N2C(=O)CC(N3CCCC(C)C3)C2=O)cc1. The maximum Gasteiger partial charge on any atom is 0.251 e. The van der Waals surface area contributed by atoms with Crippen molar-refractivity contribution in [3.8, 4) is 5.75 Å². The Morgan fingerprint density at radius 1 is 1.22 bits per heavy atom. The third kappa shape index (κ3) is 3.24. The Labute approximate surface area is 137 Å². The molecule has 23 heavy (non-hydrogen) atoms. The number of hydrogen-bond acceptors (Lipinski definition) is 4. The Morgan fingerprint density at radius 2 is 1.96 bits per heavy atom. The first-order chi connectivity index (χ1) is 11.1. The van der Waals surface area contributed by atoms with E-state index >= 15 is 0 Å². The molecule has 0 spiro atoms. The molecule has 0 bridgehead atoms. The van der Waals surface area contributed by atoms with E-state index in [0.29, 0.717) is 24.6 Å². The summed E-state index contributed by atoms with van der Waals surface area (Å²) in [7, 11) is 0. The summed E-state index contributed by atoms with van der Waals surface area (Å²) in [4.78, 5) is 28.7. The number of piperidine rings is 1. The Balaban J connectivity index is 1.75. The average Bonchev–Trinajstić information content (AvgIpc) is 2.83. The predicted octanol–water partition coefficient (Wildman–Crippen LogP) is 2.45. The Bertz CT molecular complexity index is 584. The lowest BCUT2D eigenvalue weighted by Gasteiger charge is -2.34. The molecule has 1 aromatic rings. The molecule has 2 saturated heterocycles. The maximum absolute atomic E-state index is 12.8. The summed E-state index contributed by atoms with van der Waals surface area (Å²) in [6.07, 6.45) is 2.59. The first kappa shape index (κ1) is 16.0. The van der Waals surface area contributed by atoms with E-state index in [1.807, 2.05) is 6.92 Å². The van der Waals surface area contributed by atoms with Crippen LogP contribution in [0.5, 0.6) is 5.75 Å². The smallest absolute Gasteiger partial charge is 0.251 e. The Morgan fingerprint density at radius 3 is 2.61 bits per heavy atom. The van der Waals surface area contributed by atoms with Crippen molar-refractivity contribution in [2.45, 2.75) is 39.2 Å². The van der Waals surface area contributed by atoms with E-state index < -0.39 is 0 Å². The quantitative estimate of drug-likeness (QED) is 0.801. The van der Waals surface area contributed by atoms with Crippen molar-refractivity contribution in [3.63, 3.8) is 0 Å². The molecule has 0 saturated carbocycles. The number of rotatable bonds is 4. The first-order valence-electron chi connectivity index (χ1n) is 8.44. The fourth-order valence-electron chi connectivity index (χ4n) is 3.54. The number of hydrogen-bond donors (Lipinski definition) is 0. The van der Waals surface area contributed by atoms with Crippen molar-refractivity contribution in [3.05, 3.63) is 24.3 Å². The lowest BCUT2D eigenvalue weighted by atomic mass is 9.98. The predicted molar refractivity (Wildman–Crippen MR) is 88.5 cm³/mol. The average molecular weight is 316 g/mol. The summed E-state index contributed by atoms with van der Waals surface area (Å²) in [5.41, 5.74) is 0.635. The van der Waals surface area contributed by atoms with Gasteiger partial charge in [0.05, 0.1) is 24.8 Å². The molecular weight excluding hydrogens is 292 g/mol. The van der Waals surface area contributed by atoms with Crippen LogP contribution in [0.1, 0.15) is 33.1 Å². The van der Waals surface area contributed by atoms with Crippen molar-refractivity contribution < 1.29 is 14.3 Å². The van der Waals surface area contributed by atoms with Crippen LogP contribution in [0.2, 0.25) is 0 Å². The van der Waals surface area contributed by atoms with Crippen LogP contribution in [0.25, 0.3) is 0 Å². The topological polar surface area (TPSA) is 49.9 Å². The highest BCUT2D eigenvalue weighted by atomic mass is 16.5. The number of carbonyl (C=O) groups is 2. The van der Waals surface area contributed by atoms with Crippen molar-refractivity contribution in [2.75, 3.05) is 24.6 Å². The molecule has 2 heterocycles. The first-order valence-corrected chi connectivity index (χ1v) is 8.44. The van der Waals surface area contributed by atoms with Crippen molar-refractivity contribution >= 4 is 17.5 Å². The van der Waals surface area contributed by atoms with Crippen LogP contribution in [0, 0.1) is 5.92 Å². The lowest BCUT2D eigenvalue weighted by Crippen LogP contribution is -2.46. The summed E-state index contributed by atoms with van der Waals surface area (Å²) in [5.74, 6) is 1.14. The van der Waals surface area contributed by atoms with Gasteiger partial charge in [-0.25, -0.2) is 4.90 Å². The number of amides is 2. The second-order valence-corrected chi connectivity index (χ2v) is 6.46. The van der Waals surface area contributed by atoms with E-state index in [2.05, 4.69) is 11.8 Å². The molecule has 0 N–H and O–H groups in total. The molecule has 0 aromatic heterocycles. The summed E-state index contributed by atoms with van der Waals surface area (Å²) >= 11 is 0. The third-order valence-corrected chi connectivity index (χ3v) is 4.66. The summed E-state index contributed by atoms with van der Waals surface area (Å²) < 4.78 is 5.41. The summed E-state index contributed by atoms with van der Waals surface area (Å²) in [5, 5.41) is 0. The molecule has 2 aliphatic rings. The monoisotopic (exact) mass is 316 g/mol. The molecule has 1 aromatic carbocycles. The van der Waals surface area contributed by atoms with Crippen LogP contribution < -0.4 is 9.64 Å². The van der Waals surface area contributed by atoms with Gasteiger partial charge >= 0.3 is 0 Å². The van der Waals surface area contributed by atoms with Crippen LogP contribution >= 0.6 is 0 Å². The number of benzene rings is 1. The largest absolute Gasteiger partial charge is 0.494 e. The fraction of sp³-hybridized carbons (Fsp3) is 0.556. The molecule has 3 rings (SSSR count). The molecule has 2 aliphatic heterocycles. The van der Waals surface area contributed by atoms with Crippen molar-refractivity contribution in [2.24, 2.45) is 5.92 Å². The van der Waals surface area contributed by atoms with Gasteiger partial charge in [-0.05, 0) is 56.5 Å². The molecule has 2 fully saturated rings. The Kier molecular flexibility index (Phi) is 4.66. The van der Waals surface area contributed by atoms with E-state index in [1.54, 1.807) is 24.3 Å². The second-order valence-electron chi connectivity index (χ2n) is 6.46. The Hall–Kier alpha value is -1.88. The van der Waals surface area contributed by atoms with Gasteiger partial charge in [0.25, 0.3) is 5.91 Å².